The molecule has 0 fully saturated rings. The van der Waals surface area contributed by atoms with Crippen molar-refractivity contribution < 1.29 is 18.0 Å². The van der Waals surface area contributed by atoms with Gasteiger partial charge in [0.2, 0.25) is 0 Å². The van der Waals surface area contributed by atoms with Crippen molar-refractivity contribution in [2.75, 3.05) is 0 Å². The predicted molar refractivity (Wildman–Crippen MR) is 81.8 cm³/mol. The molecule has 0 radical (unpaired) electrons. The van der Waals surface area contributed by atoms with Gasteiger partial charge in [0.1, 0.15) is 0 Å². The fraction of sp³-hybridized carbons (Fsp3) is 0.133. The van der Waals surface area contributed by atoms with Gasteiger partial charge in [0, 0.05) is 11.0 Å². The second-order valence-corrected chi connectivity index (χ2v) is 5.82. The Morgan fingerprint density at radius 1 is 1.14 bits per heavy atom. The fourth-order valence-electron chi connectivity index (χ4n) is 1.76. The van der Waals surface area contributed by atoms with E-state index in [0.717, 1.165) is 12.1 Å². The zero-order valence-electron chi connectivity index (χ0n) is 11.0. The van der Waals surface area contributed by atoms with Crippen LogP contribution >= 0.6 is 27.5 Å². The smallest absolute Gasteiger partial charge is 0.348 e. The first-order chi connectivity index (χ1) is 10.3. The van der Waals surface area contributed by atoms with Crippen molar-refractivity contribution in [1.29, 1.82) is 0 Å². The molecule has 0 spiro atoms. The molecule has 2 aromatic carbocycles. The Morgan fingerprint density at radius 3 is 2.36 bits per heavy atom. The largest absolute Gasteiger partial charge is 0.416 e. The summed E-state index contributed by atoms with van der Waals surface area (Å²) in [7, 11) is 0. The summed E-state index contributed by atoms with van der Waals surface area (Å²) in [6.45, 7) is 0.111. The SMILES string of the molecule is O=C(NCc1ccc(C(F)(F)F)cc1)c1cc(Br)ccc1Cl. The topological polar surface area (TPSA) is 29.1 Å². The molecule has 0 saturated heterocycles. The van der Waals surface area contributed by atoms with Crippen molar-refractivity contribution >= 4 is 33.4 Å². The van der Waals surface area contributed by atoms with Crippen LogP contribution in [0.25, 0.3) is 0 Å². The molecule has 2 rings (SSSR count). The molecule has 0 saturated carbocycles. The lowest BCUT2D eigenvalue weighted by atomic mass is 10.1. The highest BCUT2D eigenvalue weighted by atomic mass is 79.9. The van der Waals surface area contributed by atoms with Gasteiger partial charge in [-0.2, -0.15) is 13.2 Å². The van der Waals surface area contributed by atoms with Crippen molar-refractivity contribution in [3.05, 3.63) is 68.7 Å². The van der Waals surface area contributed by atoms with E-state index in [0.29, 0.717) is 20.6 Å². The number of rotatable bonds is 3. The lowest BCUT2D eigenvalue weighted by Gasteiger charge is -2.09. The van der Waals surface area contributed by atoms with Gasteiger partial charge in [-0.15, -0.1) is 0 Å². The number of carbonyl (C=O) groups excluding carboxylic acids is 1. The minimum atomic E-state index is -4.37. The number of halogens is 5. The van der Waals surface area contributed by atoms with Gasteiger partial charge < -0.3 is 5.32 Å². The van der Waals surface area contributed by atoms with Crippen LogP contribution in [-0.4, -0.2) is 5.91 Å². The number of carbonyl (C=O) groups is 1. The molecule has 7 heteroatoms. The lowest BCUT2D eigenvalue weighted by molar-refractivity contribution is -0.137. The number of alkyl halides is 3. The zero-order valence-corrected chi connectivity index (χ0v) is 13.4. The van der Waals surface area contributed by atoms with E-state index in [9.17, 15) is 18.0 Å². The molecule has 1 amide bonds. The number of amides is 1. The summed E-state index contributed by atoms with van der Waals surface area (Å²) in [5.74, 6) is -0.397. The average Bonchev–Trinajstić information content (AvgIpc) is 2.47. The van der Waals surface area contributed by atoms with Crippen LogP contribution in [0.15, 0.2) is 46.9 Å². The molecule has 0 bridgehead atoms. The number of hydrogen-bond acceptors (Lipinski definition) is 1. The van der Waals surface area contributed by atoms with Crippen molar-refractivity contribution in [2.24, 2.45) is 0 Å². The van der Waals surface area contributed by atoms with Gasteiger partial charge in [-0.1, -0.05) is 39.7 Å². The van der Waals surface area contributed by atoms with Crippen molar-refractivity contribution in [2.45, 2.75) is 12.7 Å². The number of nitrogens with one attached hydrogen (secondary N) is 1. The van der Waals surface area contributed by atoms with Crippen LogP contribution < -0.4 is 5.32 Å². The molecule has 116 valence electrons. The standard InChI is InChI=1S/C15H10BrClF3NO/c16-11-5-6-13(17)12(7-11)14(22)21-8-9-1-3-10(4-2-9)15(18,19)20/h1-7H,8H2,(H,21,22). The molecule has 0 heterocycles. The van der Waals surface area contributed by atoms with E-state index in [4.69, 9.17) is 11.6 Å². The highest BCUT2D eigenvalue weighted by molar-refractivity contribution is 9.10. The Bertz CT molecular complexity index is 686. The molecule has 0 aliphatic rings. The summed E-state index contributed by atoms with van der Waals surface area (Å²) >= 11 is 9.18. The Hall–Kier alpha value is -1.53. The molecule has 2 nitrogen and oxygen atoms in total. The third kappa shape index (κ3) is 4.24. The second kappa shape index (κ2) is 6.71. The van der Waals surface area contributed by atoms with Gasteiger partial charge in [0.25, 0.3) is 5.91 Å². The second-order valence-electron chi connectivity index (χ2n) is 4.50. The Morgan fingerprint density at radius 2 is 1.77 bits per heavy atom. The minimum absolute atomic E-state index is 0.111. The molecular formula is C15H10BrClF3NO. The monoisotopic (exact) mass is 391 g/mol. The van der Waals surface area contributed by atoms with E-state index in [1.165, 1.54) is 12.1 Å². The van der Waals surface area contributed by atoms with Crippen LogP contribution in [0.5, 0.6) is 0 Å². The highest BCUT2D eigenvalue weighted by Gasteiger charge is 2.29. The van der Waals surface area contributed by atoms with Gasteiger partial charge >= 0.3 is 6.18 Å². The first kappa shape index (κ1) is 16.8. The first-order valence-electron chi connectivity index (χ1n) is 6.17. The van der Waals surface area contributed by atoms with Gasteiger partial charge in [0.05, 0.1) is 16.1 Å². The number of benzene rings is 2. The van der Waals surface area contributed by atoms with Crippen molar-refractivity contribution in [3.8, 4) is 0 Å². The summed E-state index contributed by atoms with van der Waals surface area (Å²) in [5, 5.41) is 2.92. The molecular weight excluding hydrogens is 383 g/mol. The maximum absolute atomic E-state index is 12.4. The van der Waals surface area contributed by atoms with Gasteiger partial charge in [0.15, 0.2) is 0 Å². The highest BCUT2D eigenvalue weighted by Crippen LogP contribution is 2.29. The van der Waals surface area contributed by atoms with E-state index in [2.05, 4.69) is 21.2 Å². The van der Waals surface area contributed by atoms with Gasteiger partial charge in [-0.25, -0.2) is 0 Å². The summed E-state index contributed by atoms with van der Waals surface area (Å²) in [6, 6.07) is 9.47. The molecule has 0 aliphatic carbocycles. The van der Waals surface area contributed by atoms with E-state index < -0.39 is 17.6 Å². The van der Waals surface area contributed by atoms with Crippen LogP contribution in [0.1, 0.15) is 21.5 Å². The molecule has 1 N–H and O–H groups in total. The van der Waals surface area contributed by atoms with Crippen LogP contribution in [0.4, 0.5) is 13.2 Å². The van der Waals surface area contributed by atoms with E-state index in [1.807, 2.05) is 0 Å². The Labute approximate surface area is 138 Å². The third-order valence-corrected chi connectivity index (χ3v) is 3.73. The molecule has 2 aromatic rings. The normalized spacial score (nSPS) is 11.3. The first-order valence-corrected chi connectivity index (χ1v) is 7.34. The minimum Gasteiger partial charge on any atom is -0.348 e. The summed E-state index contributed by atoms with van der Waals surface area (Å²) in [4.78, 5) is 12.0. The van der Waals surface area contributed by atoms with E-state index in [-0.39, 0.29) is 6.54 Å². The summed E-state index contributed by atoms with van der Waals surface area (Å²) in [5.41, 5.74) is 0.132. The van der Waals surface area contributed by atoms with E-state index >= 15 is 0 Å². The van der Waals surface area contributed by atoms with Gasteiger partial charge in [-0.3, -0.25) is 4.79 Å². The van der Waals surface area contributed by atoms with Crippen LogP contribution in [0.3, 0.4) is 0 Å². The maximum atomic E-state index is 12.4. The Balaban J connectivity index is 2.04. The van der Waals surface area contributed by atoms with Crippen LogP contribution in [0.2, 0.25) is 5.02 Å². The lowest BCUT2D eigenvalue weighted by Crippen LogP contribution is -2.23. The van der Waals surface area contributed by atoms with Crippen molar-refractivity contribution in [1.82, 2.24) is 5.32 Å². The summed E-state index contributed by atoms with van der Waals surface area (Å²) in [6.07, 6.45) is -4.37. The van der Waals surface area contributed by atoms with Crippen LogP contribution in [0, 0.1) is 0 Å². The molecule has 0 unspecified atom stereocenters. The fourth-order valence-corrected chi connectivity index (χ4v) is 2.33. The third-order valence-electron chi connectivity index (χ3n) is 2.91. The van der Waals surface area contributed by atoms with Gasteiger partial charge in [-0.05, 0) is 35.9 Å². The quantitative estimate of drug-likeness (QED) is 0.778. The zero-order chi connectivity index (χ0) is 16.3. The predicted octanol–water partition coefficient (Wildman–Crippen LogP) is 5.05. The van der Waals surface area contributed by atoms with Crippen molar-refractivity contribution in [3.63, 3.8) is 0 Å². The average molecular weight is 393 g/mol. The molecule has 0 atom stereocenters. The maximum Gasteiger partial charge on any atom is 0.416 e. The summed E-state index contributed by atoms with van der Waals surface area (Å²) < 4.78 is 38.1. The molecule has 0 aliphatic heterocycles. The van der Waals surface area contributed by atoms with E-state index in [1.54, 1.807) is 18.2 Å². The van der Waals surface area contributed by atoms with Crippen LogP contribution in [-0.2, 0) is 12.7 Å². The number of hydrogen-bond donors (Lipinski definition) is 1. The Kier molecular flexibility index (Phi) is 5.13. The molecule has 22 heavy (non-hydrogen) atoms. The molecule has 0 aromatic heterocycles.